The second-order valence-corrected chi connectivity index (χ2v) is 8.03. The molecule has 1 unspecified atom stereocenters. The van der Waals surface area contributed by atoms with Crippen molar-refractivity contribution in [3.63, 3.8) is 0 Å². The number of amides is 1. The van der Waals surface area contributed by atoms with E-state index in [1.807, 2.05) is 33.8 Å². The van der Waals surface area contributed by atoms with Crippen LogP contribution in [0.1, 0.15) is 70.0 Å². The lowest BCUT2D eigenvalue weighted by molar-refractivity contribution is 0.0938. The Hall–Kier alpha value is -1.55. The summed E-state index contributed by atoms with van der Waals surface area (Å²) in [5.74, 6) is -0.228. The van der Waals surface area contributed by atoms with Crippen molar-refractivity contribution in [2.45, 2.75) is 65.3 Å². The lowest BCUT2D eigenvalue weighted by atomic mass is 9.79. The van der Waals surface area contributed by atoms with Crippen molar-refractivity contribution < 1.29 is 9.90 Å². The van der Waals surface area contributed by atoms with Crippen LogP contribution in [0.3, 0.4) is 0 Å². The van der Waals surface area contributed by atoms with E-state index in [9.17, 15) is 9.90 Å². The van der Waals surface area contributed by atoms with Crippen LogP contribution < -0.4 is 11.1 Å². The van der Waals surface area contributed by atoms with Gasteiger partial charge in [0.25, 0.3) is 5.91 Å². The summed E-state index contributed by atoms with van der Waals surface area (Å²) in [6.07, 6.45) is 0. The van der Waals surface area contributed by atoms with Gasteiger partial charge in [0, 0.05) is 18.2 Å². The maximum atomic E-state index is 12.5. The Morgan fingerprint density at radius 2 is 1.73 bits per heavy atom. The van der Waals surface area contributed by atoms with Crippen LogP contribution in [0.4, 0.5) is 0 Å². The van der Waals surface area contributed by atoms with Gasteiger partial charge >= 0.3 is 0 Å². The minimum Gasteiger partial charge on any atom is -0.507 e. The number of hydrogen-bond donors (Lipinski definition) is 3. The van der Waals surface area contributed by atoms with E-state index >= 15 is 0 Å². The molecule has 1 rings (SSSR count). The number of carbonyl (C=O) groups is 1. The quantitative estimate of drug-likeness (QED) is 0.803. The van der Waals surface area contributed by atoms with E-state index in [2.05, 4.69) is 26.1 Å². The molecule has 1 amide bonds. The van der Waals surface area contributed by atoms with Crippen LogP contribution in [0, 0.1) is 0 Å². The van der Waals surface area contributed by atoms with Gasteiger partial charge in [-0.15, -0.1) is 0 Å². The van der Waals surface area contributed by atoms with Crippen LogP contribution in [-0.4, -0.2) is 23.6 Å². The monoisotopic (exact) mass is 306 g/mol. The topological polar surface area (TPSA) is 75.3 Å². The normalized spacial score (nSPS) is 13.8. The highest BCUT2D eigenvalue weighted by atomic mass is 16.3. The zero-order valence-electron chi connectivity index (χ0n) is 14.9. The fourth-order valence-electron chi connectivity index (χ4n) is 2.17. The molecule has 1 aromatic carbocycles. The third kappa shape index (κ3) is 4.23. The van der Waals surface area contributed by atoms with Gasteiger partial charge in [-0.25, -0.2) is 0 Å². The summed E-state index contributed by atoms with van der Waals surface area (Å²) in [6.45, 7) is 14.6. The first-order valence-electron chi connectivity index (χ1n) is 7.76. The summed E-state index contributed by atoms with van der Waals surface area (Å²) in [6, 6.07) is 3.64. The lowest BCUT2D eigenvalue weighted by Gasteiger charge is -2.27. The highest BCUT2D eigenvalue weighted by Crippen LogP contribution is 2.37. The number of phenolic OH excluding ortho intramolecular Hbond substituents is 1. The first-order valence-corrected chi connectivity index (χ1v) is 7.76. The molecule has 0 saturated carbocycles. The number of hydrogen-bond acceptors (Lipinski definition) is 3. The molecular formula is C18H30N2O2. The molecule has 4 nitrogen and oxygen atoms in total. The third-order valence-corrected chi connectivity index (χ3v) is 3.76. The number of nitrogens with one attached hydrogen (secondary N) is 1. The van der Waals surface area contributed by atoms with Gasteiger partial charge < -0.3 is 16.2 Å². The highest BCUT2D eigenvalue weighted by Gasteiger charge is 2.27. The fourth-order valence-corrected chi connectivity index (χ4v) is 2.17. The molecule has 0 bridgehead atoms. The van der Waals surface area contributed by atoms with Gasteiger partial charge in [0.2, 0.25) is 0 Å². The standard InChI is InChI=1S/C18H30N2O2/c1-11(10-19)20-16(22)13-8-12(17(2,3)4)9-14(15(13)21)18(5,6)7/h8-9,11,21H,10,19H2,1-7H3,(H,20,22). The first-order chi connectivity index (χ1) is 9.87. The second-order valence-electron chi connectivity index (χ2n) is 8.03. The highest BCUT2D eigenvalue weighted by molar-refractivity contribution is 5.97. The first kappa shape index (κ1) is 18.5. The molecule has 1 aromatic rings. The molecule has 124 valence electrons. The van der Waals surface area contributed by atoms with Crippen LogP contribution in [0.5, 0.6) is 5.75 Å². The van der Waals surface area contributed by atoms with E-state index in [0.717, 1.165) is 11.1 Å². The summed E-state index contributed by atoms with van der Waals surface area (Å²) in [7, 11) is 0. The van der Waals surface area contributed by atoms with Gasteiger partial charge in [-0.3, -0.25) is 4.79 Å². The molecule has 0 spiro atoms. The second kappa shape index (κ2) is 6.29. The van der Waals surface area contributed by atoms with Gasteiger partial charge in [0.05, 0.1) is 5.56 Å². The Bertz CT molecular complexity index is 551. The average Bonchev–Trinajstić information content (AvgIpc) is 2.35. The Morgan fingerprint density at radius 1 is 1.18 bits per heavy atom. The molecule has 0 aliphatic carbocycles. The van der Waals surface area contributed by atoms with Crippen LogP contribution in [0.2, 0.25) is 0 Å². The van der Waals surface area contributed by atoms with Crippen LogP contribution in [0.25, 0.3) is 0 Å². The van der Waals surface area contributed by atoms with Crippen molar-refractivity contribution in [2.75, 3.05) is 6.54 Å². The van der Waals surface area contributed by atoms with Gasteiger partial charge in [-0.05, 0) is 29.4 Å². The Kier molecular flexibility index (Phi) is 5.29. The predicted molar refractivity (Wildman–Crippen MR) is 91.5 cm³/mol. The Morgan fingerprint density at radius 3 is 2.14 bits per heavy atom. The smallest absolute Gasteiger partial charge is 0.255 e. The summed E-state index contributed by atoms with van der Waals surface area (Å²) >= 11 is 0. The molecule has 4 heteroatoms. The van der Waals surface area contributed by atoms with Gasteiger partial charge in [0.15, 0.2) is 0 Å². The van der Waals surface area contributed by atoms with Crippen molar-refractivity contribution in [3.8, 4) is 5.75 Å². The molecule has 0 radical (unpaired) electrons. The van der Waals surface area contributed by atoms with Crippen molar-refractivity contribution in [1.82, 2.24) is 5.32 Å². The molecule has 1 atom stereocenters. The Labute approximate surface area is 134 Å². The van der Waals surface area contributed by atoms with E-state index < -0.39 is 0 Å². The molecule has 0 aromatic heterocycles. The van der Waals surface area contributed by atoms with Gasteiger partial charge in [0.1, 0.15) is 5.75 Å². The minimum absolute atomic E-state index is 0.0576. The Balaban J connectivity index is 3.47. The number of carbonyl (C=O) groups excluding carboxylic acids is 1. The van der Waals surface area contributed by atoms with E-state index in [-0.39, 0.29) is 28.5 Å². The maximum Gasteiger partial charge on any atom is 0.255 e. The molecular weight excluding hydrogens is 276 g/mol. The van der Waals surface area contributed by atoms with E-state index in [4.69, 9.17) is 5.73 Å². The van der Waals surface area contributed by atoms with Gasteiger partial charge in [-0.1, -0.05) is 47.6 Å². The van der Waals surface area contributed by atoms with E-state index in [0.29, 0.717) is 12.1 Å². The van der Waals surface area contributed by atoms with Crippen molar-refractivity contribution in [1.29, 1.82) is 0 Å². The van der Waals surface area contributed by atoms with Gasteiger partial charge in [-0.2, -0.15) is 0 Å². The third-order valence-electron chi connectivity index (χ3n) is 3.76. The van der Waals surface area contributed by atoms with E-state index in [1.54, 1.807) is 6.07 Å². The molecule has 0 aliphatic heterocycles. The van der Waals surface area contributed by atoms with Crippen LogP contribution in [-0.2, 0) is 10.8 Å². The molecule has 0 fully saturated rings. The van der Waals surface area contributed by atoms with Crippen LogP contribution in [0.15, 0.2) is 12.1 Å². The number of benzene rings is 1. The minimum atomic E-state index is -0.285. The van der Waals surface area contributed by atoms with Crippen molar-refractivity contribution in [2.24, 2.45) is 5.73 Å². The summed E-state index contributed by atoms with van der Waals surface area (Å²) in [5.41, 5.74) is 7.33. The van der Waals surface area contributed by atoms with Crippen molar-refractivity contribution in [3.05, 3.63) is 28.8 Å². The average molecular weight is 306 g/mol. The summed E-state index contributed by atoms with van der Waals surface area (Å²) < 4.78 is 0. The molecule has 0 heterocycles. The largest absolute Gasteiger partial charge is 0.507 e. The SMILES string of the molecule is CC(CN)NC(=O)c1cc(C(C)(C)C)cc(C(C)(C)C)c1O. The number of nitrogens with two attached hydrogens (primary N) is 1. The van der Waals surface area contributed by atoms with Crippen LogP contribution >= 0.6 is 0 Å². The predicted octanol–water partition coefficient (Wildman–Crippen LogP) is 3.06. The fraction of sp³-hybridized carbons (Fsp3) is 0.611. The number of phenols is 1. The zero-order valence-corrected chi connectivity index (χ0v) is 14.9. The van der Waals surface area contributed by atoms with E-state index in [1.165, 1.54) is 0 Å². The lowest BCUT2D eigenvalue weighted by Crippen LogP contribution is -2.38. The van der Waals surface area contributed by atoms with Crippen molar-refractivity contribution >= 4 is 5.91 Å². The maximum absolute atomic E-state index is 12.5. The summed E-state index contributed by atoms with van der Waals surface area (Å²) in [5, 5.41) is 13.4. The summed E-state index contributed by atoms with van der Waals surface area (Å²) in [4.78, 5) is 12.5. The molecule has 0 aliphatic rings. The zero-order chi connectivity index (χ0) is 17.3. The molecule has 22 heavy (non-hydrogen) atoms. The molecule has 0 saturated heterocycles. The number of rotatable bonds is 3. The molecule has 4 N–H and O–H groups in total. The number of aromatic hydroxyl groups is 1.